The zero-order valence-corrected chi connectivity index (χ0v) is 12.8. The number of carbonyl (C=O) groups excluding carboxylic acids is 1. The fourth-order valence-electron chi connectivity index (χ4n) is 2.06. The van der Waals surface area contributed by atoms with Crippen molar-refractivity contribution in [3.63, 3.8) is 0 Å². The molecule has 0 radical (unpaired) electrons. The predicted octanol–water partition coefficient (Wildman–Crippen LogP) is 3.61. The van der Waals surface area contributed by atoms with Crippen molar-refractivity contribution < 1.29 is 19.0 Å². The van der Waals surface area contributed by atoms with Crippen molar-refractivity contribution in [3.8, 4) is 17.2 Å². The van der Waals surface area contributed by atoms with E-state index >= 15 is 0 Å². The van der Waals surface area contributed by atoms with Gasteiger partial charge in [0.25, 0.3) is 0 Å². The highest BCUT2D eigenvalue weighted by atomic mass is 16.5. The van der Waals surface area contributed by atoms with Crippen LogP contribution in [-0.4, -0.2) is 27.1 Å². The van der Waals surface area contributed by atoms with E-state index in [4.69, 9.17) is 14.2 Å². The minimum atomic E-state index is -0.129. The summed E-state index contributed by atoms with van der Waals surface area (Å²) in [6.45, 7) is 0. The first-order valence-electron chi connectivity index (χ1n) is 6.77. The fourth-order valence-corrected chi connectivity index (χ4v) is 2.06. The van der Waals surface area contributed by atoms with E-state index < -0.39 is 0 Å². The zero-order valence-electron chi connectivity index (χ0n) is 12.8. The number of rotatable bonds is 6. The van der Waals surface area contributed by atoms with E-state index in [0.717, 1.165) is 5.56 Å². The topological polar surface area (TPSA) is 44.8 Å². The number of hydrogen-bond acceptors (Lipinski definition) is 4. The first kappa shape index (κ1) is 15.6. The van der Waals surface area contributed by atoms with Gasteiger partial charge in [0.1, 0.15) is 17.2 Å². The second-order valence-corrected chi connectivity index (χ2v) is 4.51. The van der Waals surface area contributed by atoms with E-state index in [9.17, 15) is 4.79 Å². The zero-order chi connectivity index (χ0) is 15.9. The number of carbonyl (C=O) groups is 1. The fraction of sp³-hybridized carbons (Fsp3) is 0.167. The molecule has 0 fully saturated rings. The Labute approximate surface area is 129 Å². The Hall–Kier alpha value is -2.75. The van der Waals surface area contributed by atoms with E-state index in [1.165, 1.54) is 6.08 Å². The Morgan fingerprint density at radius 1 is 0.909 bits per heavy atom. The SMILES string of the molecule is COc1ccc(C=CC(=O)c2ccccc2OC)c(OC)c1. The van der Waals surface area contributed by atoms with Crippen LogP contribution in [0.5, 0.6) is 17.2 Å². The molecule has 0 N–H and O–H groups in total. The van der Waals surface area contributed by atoms with Crippen LogP contribution < -0.4 is 14.2 Å². The quantitative estimate of drug-likeness (QED) is 0.603. The van der Waals surface area contributed by atoms with Crippen LogP contribution in [-0.2, 0) is 0 Å². The highest BCUT2D eigenvalue weighted by Gasteiger charge is 2.09. The average molecular weight is 298 g/mol. The Bertz CT molecular complexity index is 689. The molecule has 0 amide bonds. The van der Waals surface area contributed by atoms with Gasteiger partial charge in [-0.25, -0.2) is 0 Å². The number of ether oxygens (including phenoxy) is 3. The van der Waals surface area contributed by atoms with Crippen LogP contribution in [0.15, 0.2) is 48.5 Å². The van der Waals surface area contributed by atoms with Gasteiger partial charge in [-0.05, 0) is 36.4 Å². The lowest BCUT2D eigenvalue weighted by Crippen LogP contribution is -1.98. The minimum absolute atomic E-state index is 0.129. The summed E-state index contributed by atoms with van der Waals surface area (Å²) in [6.07, 6.45) is 3.22. The smallest absolute Gasteiger partial charge is 0.189 e. The molecule has 4 nitrogen and oxygen atoms in total. The van der Waals surface area contributed by atoms with Crippen molar-refractivity contribution in [2.75, 3.05) is 21.3 Å². The van der Waals surface area contributed by atoms with Crippen LogP contribution in [0, 0.1) is 0 Å². The highest BCUT2D eigenvalue weighted by Crippen LogP contribution is 2.26. The molecule has 0 unspecified atom stereocenters. The van der Waals surface area contributed by atoms with Crippen molar-refractivity contribution in [1.29, 1.82) is 0 Å². The molecule has 4 heteroatoms. The number of allylic oxidation sites excluding steroid dienone is 1. The summed E-state index contributed by atoms with van der Waals surface area (Å²) in [4.78, 5) is 12.3. The van der Waals surface area contributed by atoms with Crippen LogP contribution in [0.25, 0.3) is 6.08 Å². The van der Waals surface area contributed by atoms with Crippen molar-refractivity contribution in [2.24, 2.45) is 0 Å². The van der Waals surface area contributed by atoms with Gasteiger partial charge in [0.15, 0.2) is 5.78 Å². The van der Waals surface area contributed by atoms with Crippen molar-refractivity contribution in [2.45, 2.75) is 0 Å². The Morgan fingerprint density at radius 3 is 2.32 bits per heavy atom. The van der Waals surface area contributed by atoms with E-state index in [1.54, 1.807) is 51.7 Å². The first-order valence-corrected chi connectivity index (χ1v) is 6.77. The van der Waals surface area contributed by atoms with E-state index in [0.29, 0.717) is 22.8 Å². The summed E-state index contributed by atoms with van der Waals surface area (Å²) >= 11 is 0. The number of ketones is 1. The molecule has 2 rings (SSSR count). The normalized spacial score (nSPS) is 10.5. The molecule has 0 spiro atoms. The molecular formula is C18H18O4. The first-order chi connectivity index (χ1) is 10.7. The third-order valence-electron chi connectivity index (χ3n) is 3.23. The summed E-state index contributed by atoms with van der Waals surface area (Å²) in [5.74, 6) is 1.77. The van der Waals surface area contributed by atoms with E-state index in [2.05, 4.69) is 0 Å². The lowest BCUT2D eigenvalue weighted by Gasteiger charge is -2.07. The van der Waals surface area contributed by atoms with Crippen LogP contribution in [0.4, 0.5) is 0 Å². The number of benzene rings is 2. The molecular weight excluding hydrogens is 280 g/mol. The predicted molar refractivity (Wildman–Crippen MR) is 85.9 cm³/mol. The standard InChI is InChI=1S/C18H18O4/c1-20-14-10-8-13(18(12-14)22-3)9-11-16(19)15-6-4-5-7-17(15)21-2/h4-12H,1-3H3. The van der Waals surface area contributed by atoms with Crippen LogP contribution in [0.1, 0.15) is 15.9 Å². The van der Waals surface area contributed by atoms with Gasteiger partial charge >= 0.3 is 0 Å². The number of methoxy groups -OCH3 is 3. The molecule has 2 aromatic carbocycles. The number of para-hydroxylation sites is 1. The van der Waals surface area contributed by atoms with Crippen molar-refractivity contribution >= 4 is 11.9 Å². The largest absolute Gasteiger partial charge is 0.497 e. The van der Waals surface area contributed by atoms with Crippen molar-refractivity contribution in [3.05, 3.63) is 59.7 Å². The molecule has 0 saturated carbocycles. The van der Waals surface area contributed by atoms with E-state index in [-0.39, 0.29) is 5.78 Å². The molecule has 0 aliphatic heterocycles. The molecule has 0 aromatic heterocycles. The summed E-state index contributed by atoms with van der Waals surface area (Å²) in [6, 6.07) is 12.5. The molecule has 114 valence electrons. The molecule has 0 saturated heterocycles. The third-order valence-corrected chi connectivity index (χ3v) is 3.23. The van der Waals surface area contributed by atoms with Gasteiger partial charge in [0.05, 0.1) is 26.9 Å². The maximum atomic E-state index is 12.3. The maximum Gasteiger partial charge on any atom is 0.189 e. The molecule has 0 aliphatic carbocycles. The molecule has 2 aromatic rings. The van der Waals surface area contributed by atoms with Gasteiger partial charge in [-0.3, -0.25) is 4.79 Å². The Kier molecular flexibility index (Phi) is 5.20. The minimum Gasteiger partial charge on any atom is -0.497 e. The summed E-state index contributed by atoms with van der Waals surface area (Å²) in [5.41, 5.74) is 1.32. The van der Waals surface area contributed by atoms with E-state index in [1.807, 2.05) is 18.2 Å². The van der Waals surface area contributed by atoms with Crippen LogP contribution in [0.3, 0.4) is 0 Å². The van der Waals surface area contributed by atoms with Crippen LogP contribution >= 0.6 is 0 Å². The number of hydrogen-bond donors (Lipinski definition) is 0. The van der Waals surface area contributed by atoms with Crippen molar-refractivity contribution in [1.82, 2.24) is 0 Å². The maximum absolute atomic E-state index is 12.3. The Balaban J connectivity index is 2.26. The summed E-state index contributed by atoms with van der Waals surface area (Å²) < 4.78 is 15.7. The average Bonchev–Trinajstić information content (AvgIpc) is 2.59. The Morgan fingerprint density at radius 2 is 1.64 bits per heavy atom. The molecule has 0 aliphatic rings. The van der Waals surface area contributed by atoms with Crippen LogP contribution in [0.2, 0.25) is 0 Å². The monoisotopic (exact) mass is 298 g/mol. The second kappa shape index (κ2) is 7.31. The summed E-state index contributed by atoms with van der Waals surface area (Å²) in [5, 5.41) is 0. The molecule has 0 bridgehead atoms. The molecule has 22 heavy (non-hydrogen) atoms. The van der Waals surface area contributed by atoms with Gasteiger partial charge in [0.2, 0.25) is 0 Å². The molecule has 0 atom stereocenters. The van der Waals surface area contributed by atoms with Gasteiger partial charge in [-0.1, -0.05) is 12.1 Å². The van der Waals surface area contributed by atoms with Gasteiger partial charge < -0.3 is 14.2 Å². The van der Waals surface area contributed by atoms with Gasteiger partial charge in [-0.15, -0.1) is 0 Å². The second-order valence-electron chi connectivity index (χ2n) is 4.51. The third kappa shape index (κ3) is 3.47. The lowest BCUT2D eigenvalue weighted by atomic mass is 10.1. The highest BCUT2D eigenvalue weighted by molar-refractivity contribution is 6.08. The lowest BCUT2D eigenvalue weighted by molar-refractivity contribution is 0.104. The van der Waals surface area contributed by atoms with Gasteiger partial charge in [-0.2, -0.15) is 0 Å². The summed E-state index contributed by atoms with van der Waals surface area (Å²) in [7, 11) is 4.71. The van der Waals surface area contributed by atoms with Gasteiger partial charge in [0, 0.05) is 11.6 Å². The molecule has 0 heterocycles.